The van der Waals surface area contributed by atoms with Crippen molar-refractivity contribution in [3.05, 3.63) is 34.9 Å². The van der Waals surface area contributed by atoms with Crippen molar-refractivity contribution >= 4 is 17.4 Å². The number of anilines is 1. The van der Waals surface area contributed by atoms with Crippen molar-refractivity contribution in [1.82, 2.24) is 15.0 Å². The first-order valence-corrected chi connectivity index (χ1v) is 7.29. The van der Waals surface area contributed by atoms with E-state index in [-0.39, 0.29) is 5.92 Å². The van der Waals surface area contributed by atoms with E-state index >= 15 is 0 Å². The van der Waals surface area contributed by atoms with Crippen molar-refractivity contribution in [2.24, 2.45) is 0 Å². The molecule has 2 heterocycles. The quantitative estimate of drug-likeness (QED) is 0.898. The molecule has 0 radical (unpaired) electrons. The summed E-state index contributed by atoms with van der Waals surface area (Å²) in [6, 6.07) is 1.71. The van der Waals surface area contributed by atoms with Gasteiger partial charge in [0.05, 0.1) is 16.8 Å². The average molecular weight is 307 g/mol. The summed E-state index contributed by atoms with van der Waals surface area (Å²) in [4.78, 5) is 13.0. The summed E-state index contributed by atoms with van der Waals surface area (Å²) in [5.41, 5.74) is 0.862. The van der Waals surface area contributed by atoms with Crippen molar-refractivity contribution in [3.63, 3.8) is 0 Å². The van der Waals surface area contributed by atoms with Crippen molar-refractivity contribution in [2.45, 2.75) is 33.6 Å². The second-order valence-corrected chi connectivity index (χ2v) is 5.42. The van der Waals surface area contributed by atoms with Gasteiger partial charge >= 0.3 is 0 Å². The molecule has 6 heteroatoms. The van der Waals surface area contributed by atoms with Crippen molar-refractivity contribution in [1.29, 1.82) is 0 Å². The molecule has 0 aliphatic heterocycles. The molecular formula is C15H19ClN4O. The lowest BCUT2D eigenvalue weighted by atomic mass is 10.2. The third-order valence-electron chi connectivity index (χ3n) is 2.87. The molecule has 0 atom stereocenters. The number of pyridine rings is 1. The molecule has 0 aliphatic carbocycles. The van der Waals surface area contributed by atoms with E-state index in [1.54, 1.807) is 18.5 Å². The number of hydrogen-bond acceptors (Lipinski definition) is 5. The Balaban J connectivity index is 2.41. The minimum atomic E-state index is 0.211. The summed E-state index contributed by atoms with van der Waals surface area (Å²) >= 11 is 5.93. The van der Waals surface area contributed by atoms with E-state index in [4.69, 9.17) is 16.3 Å². The molecule has 0 amide bonds. The molecule has 0 fully saturated rings. The maximum atomic E-state index is 5.93. The van der Waals surface area contributed by atoms with E-state index in [1.807, 2.05) is 27.7 Å². The van der Waals surface area contributed by atoms with Crippen LogP contribution in [0.25, 0.3) is 0 Å². The second kappa shape index (κ2) is 6.72. The monoisotopic (exact) mass is 306 g/mol. The lowest BCUT2D eigenvalue weighted by Gasteiger charge is -2.15. The third kappa shape index (κ3) is 3.82. The summed E-state index contributed by atoms with van der Waals surface area (Å²) in [5.74, 6) is 2.82. The molecule has 2 rings (SSSR count). The number of hydrogen-bond donors (Lipinski definition) is 1. The minimum Gasteiger partial charge on any atom is -0.437 e. The minimum absolute atomic E-state index is 0.211. The molecule has 0 spiro atoms. The zero-order chi connectivity index (χ0) is 15.4. The van der Waals surface area contributed by atoms with Gasteiger partial charge in [0.25, 0.3) is 0 Å². The van der Waals surface area contributed by atoms with E-state index in [1.165, 1.54) is 0 Å². The predicted octanol–water partition coefficient (Wildman–Crippen LogP) is 4.18. The molecule has 21 heavy (non-hydrogen) atoms. The van der Waals surface area contributed by atoms with E-state index in [9.17, 15) is 0 Å². The Labute approximate surface area is 129 Å². The summed E-state index contributed by atoms with van der Waals surface area (Å²) in [7, 11) is 0. The van der Waals surface area contributed by atoms with E-state index in [2.05, 4.69) is 20.3 Å². The highest BCUT2D eigenvalue weighted by molar-refractivity contribution is 6.30. The van der Waals surface area contributed by atoms with Gasteiger partial charge in [-0.05, 0) is 13.8 Å². The smallest absolute Gasteiger partial charge is 0.227 e. The molecule has 0 aliphatic rings. The van der Waals surface area contributed by atoms with Crippen LogP contribution < -0.4 is 10.1 Å². The van der Waals surface area contributed by atoms with E-state index < -0.39 is 0 Å². The van der Waals surface area contributed by atoms with E-state index in [0.29, 0.717) is 16.7 Å². The Morgan fingerprint density at radius 3 is 2.67 bits per heavy atom. The second-order valence-electron chi connectivity index (χ2n) is 4.99. The number of rotatable bonds is 5. The fourth-order valence-electron chi connectivity index (χ4n) is 1.77. The highest BCUT2D eigenvalue weighted by atomic mass is 35.5. The molecule has 0 aromatic carbocycles. The maximum Gasteiger partial charge on any atom is 0.227 e. The SMILES string of the molecule is CCNc1nc(C(C)C)nc(Oc2cncc(Cl)c2)c1C. The normalized spacial score (nSPS) is 10.8. The van der Waals surface area contributed by atoms with Crippen LogP contribution in [0.5, 0.6) is 11.6 Å². The van der Waals surface area contributed by atoms with Crippen LogP contribution in [-0.4, -0.2) is 21.5 Å². The Morgan fingerprint density at radius 2 is 2.05 bits per heavy atom. The Bertz CT molecular complexity index is 631. The van der Waals surface area contributed by atoms with Crippen LogP contribution in [0.2, 0.25) is 5.02 Å². The third-order valence-corrected chi connectivity index (χ3v) is 3.08. The van der Waals surface area contributed by atoms with Crippen LogP contribution >= 0.6 is 11.6 Å². The topological polar surface area (TPSA) is 59.9 Å². The summed E-state index contributed by atoms with van der Waals surface area (Å²) in [5, 5.41) is 3.76. The van der Waals surface area contributed by atoms with E-state index in [0.717, 1.165) is 23.8 Å². The van der Waals surface area contributed by atoms with Crippen molar-refractivity contribution in [2.75, 3.05) is 11.9 Å². The van der Waals surface area contributed by atoms with Crippen molar-refractivity contribution < 1.29 is 4.74 Å². The van der Waals surface area contributed by atoms with Gasteiger partial charge in [-0.2, -0.15) is 4.98 Å². The standard InChI is InChI=1S/C15H19ClN4O/c1-5-18-14-10(4)15(20-13(19-14)9(2)3)21-12-6-11(16)7-17-8-12/h6-9H,5H2,1-4H3,(H,18,19,20). The summed E-state index contributed by atoms with van der Waals surface area (Å²) < 4.78 is 5.83. The van der Waals surface area contributed by atoms with Gasteiger partial charge in [0.1, 0.15) is 17.4 Å². The van der Waals surface area contributed by atoms with Crippen LogP contribution in [0.4, 0.5) is 5.82 Å². The van der Waals surface area contributed by atoms with Gasteiger partial charge in [-0.15, -0.1) is 0 Å². The first kappa shape index (κ1) is 15.5. The predicted molar refractivity (Wildman–Crippen MR) is 84.3 cm³/mol. The van der Waals surface area contributed by atoms with Gasteiger partial charge in [0.2, 0.25) is 5.88 Å². The highest BCUT2D eigenvalue weighted by Crippen LogP contribution is 2.29. The fraction of sp³-hybridized carbons (Fsp3) is 0.400. The van der Waals surface area contributed by atoms with Crippen molar-refractivity contribution in [3.8, 4) is 11.6 Å². The Hall–Kier alpha value is -1.88. The van der Waals surface area contributed by atoms with Crippen LogP contribution in [-0.2, 0) is 0 Å². The van der Waals surface area contributed by atoms with Crippen LogP contribution in [0.1, 0.15) is 38.1 Å². The lowest BCUT2D eigenvalue weighted by Crippen LogP contribution is -2.08. The van der Waals surface area contributed by atoms with Crippen LogP contribution in [0.3, 0.4) is 0 Å². The van der Waals surface area contributed by atoms with Gasteiger partial charge in [0.15, 0.2) is 0 Å². The number of nitrogens with zero attached hydrogens (tertiary/aromatic N) is 3. The average Bonchev–Trinajstić information content (AvgIpc) is 2.43. The fourth-order valence-corrected chi connectivity index (χ4v) is 1.93. The largest absolute Gasteiger partial charge is 0.437 e. The molecule has 0 bridgehead atoms. The maximum absolute atomic E-state index is 5.93. The molecule has 0 unspecified atom stereocenters. The first-order valence-electron chi connectivity index (χ1n) is 6.92. The molecule has 0 saturated carbocycles. The van der Waals surface area contributed by atoms with Gasteiger partial charge in [-0.1, -0.05) is 25.4 Å². The molecule has 0 saturated heterocycles. The lowest BCUT2D eigenvalue weighted by molar-refractivity contribution is 0.451. The number of nitrogens with one attached hydrogen (secondary N) is 1. The van der Waals surface area contributed by atoms with Gasteiger partial charge < -0.3 is 10.1 Å². The number of halogens is 1. The molecular weight excluding hydrogens is 288 g/mol. The molecule has 5 nitrogen and oxygen atoms in total. The van der Waals surface area contributed by atoms with Gasteiger partial charge in [-0.3, -0.25) is 4.98 Å². The number of aromatic nitrogens is 3. The molecule has 2 aromatic rings. The van der Waals surface area contributed by atoms with Crippen LogP contribution in [0, 0.1) is 6.92 Å². The first-order chi connectivity index (χ1) is 10.0. The van der Waals surface area contributed by atoms with Crippen LogP contribution in [0.15, 0.2) is 18.5 Å². The summed E-state index contributed by atoms with van der Waals surface area (Å²) in [6.45, 7) is 8.83. The number of ether oxygens (including phenoxy) is 1. The summed E-state index contributed by atoms with van der Waals surface area (Å²) in [6.07, 6.45) is 3.17. The molecule has 1 N–H and O–H groups in total. The Kier molecular flexibility index (Phi) is 4.96. The highest BCUT2D eigenvalue weighted by Gasteiger charge is 2.14. The van der Waals surface area contributed by atoms with Gasteiger partial charge in [-0.25, -0.2) is 4.98 Å². The molecule has 2 aromatic heterocycles. The molecule has 112 valence electrons. The zero-order valence-corrected chi connectivity index (χ0v) is 13.4. The van der Waals surface area contributed by atoms with Gasteiger partial charge in [0, 0.05) is 24.7 Å². The zero-order valence-electron chi connectivity index (χ0n) is 12.6. The Morgan fingerprint density at radius 1 is 1.29 bits per heavy atom.